The second-order valence-corrected chi connectivity index (χ2v) is 6.42. The third kappa shape index (κ3) is 3.47. The number of aromatic nitrogens is 5. The molecule has 0 spiro atoms. The minimum absolute atomic E-state index is 0.123. The molecular formula is C18H22N6O. The summed E-state index contributed by atoms with van der Waals surface area (Å²) in [5.74, 6) is 2.21. The molecule has 1 aliphatic heterocycles. The summed E-state index contributed by atoms with van der Waals surface area (Å²) in [6.45, 7) is 2.35. The fraction of sp³-hybridized carbons (Fsp3) is 0.389. The van der Waals surface area contributed by atoms with Crippen molar-refractivity contribution < 1.29 is 4.74 Å². The van der Waals surface area contributed by atoms with E-state index in [2.05, 4.69) is 48.8 Å². The van der Waals surface area contributed by atoms with E-state index in [9.17, 15) is 0 Å². The Morgan fingerprint density at radius 1 is 1.28 bits per heavy atom. The summed E-state index contributed by atoms with van der Waals surface area (Å²) < 4.78 is 8.06. The highest BCUT2D eigenvalue weighted by molar-refractivity contribution is 5.32. The van der Waals surface area contributed by atoms with Crippen molar-refractivity contribution in [2.45, 2.75) is 25.0 Å². The maximum atomic E-state index is 5.94. The van der Waals surface area contributed by atoms with Gasteiger partial charge >= 0.3 is 0 Å². The molecule has 0 aliphatic carbocycles. The summed E-state index contributed by atoms with van der Waals surface area (Å²) in [6.07, 6.45) is 6.51. The first kappa shape index (κ1) is 16.0. The largest absolute Gasteiger partial charge is 0.376 e. The molecule has 2 aromatic heterocycles. The van der Waals surface area contributed by atoms with Gasteiger partial charge in [-0.1, -0.05) is 18.2 Å². The Kier molecular flexibility index (Phi) is 4.58. The van der Waals surface area contributed by atoms with Crippen LogP contribution in [0.15, 0.2) is 49.1 Å². The number of likely N-dealkylation sites (N-methyl/N-ethyl adjacent to an activating group) is 1. The number of imidazole rings is 1. The van der Waals surface area contributed by atoms with Crippen molar-refractivity contribution in [3.05, 3.63) is 60.7 Å². The topological polar surface area (TPSA) is 71.9 Å². The molecule has 4 rings (SSSR count). The van der Waals surface area contributed by atoms with Gasteiger partial charge in [-0.15, -0.1) is 0 Å². The number of hydrogen-bond acceptors (Lipinski definition) is 5. The zero-order valence-electron chi connectivity index (χ0n) is 14.2. The van der Waals surface area contributed by atoms with E-state index in [1.165, 1.54) is 0 Å². The highest BCUT2D eigenvalue weighted by Crippen LogP contribution is 2.29. The number of H-pyrrole nitrogens is 1. The first-order valence-corrected chi connectivity index (χ1v) is 8.54. The van der Waals surface area contributed by atoms with Crippen molar-refractivity contribution in [2.24, 2.45) is 0 Å². The molecule has 3 aromatic rings. The lowest BCUT2D eigenvalue weighted by Crippen LogP contribution is -2.32. The zero-order chi connectivity index (χ0) is 17.1. The van der Waals surface area contributed by atoms with E-state index >= 15 is 0 Å². The molecule has 1 N–H and O–H groups in total. The minimum atomic E-state index is 0.123. The molecular weight excluding hydrogens is 316 g/mol. The summed E-state index contributed by atoms with van der Waals surface area (Å²) in [7, 11) is 2.10. The average molecular weight is 338 g/mol. The Balaban J connectivity index is 1.43. The predicted octanol–water partition coefficient (Wildman–Crippen LogP) is 1.99. The van der Waals surface area contributed by atoms with Gasteiger partial charge in [-0.05, 0) is 25.6 Å². The van der Waals surface area contributed by atoms with E-state index in [4.69, 9.17) is 4.74 Å². The quantitative estimate of drug-likeness (QED) is 0.744. The Hall–Kier alpha value is -2.51. The summed E-state index contributed by atoms with van der Waals surface area (Å²) in [6, 6.07) is 10.3. The number of para-hydroxylation sites is 1. The molecule has 7 heteroatoms. The van der Waals surface area contributed by atoms with Crippen LogP contribution in [-0.2, 0) is 11.3 Å². The molecule has 7 nitrogen and oxygen atoms in total. The van der Waals surface area contributed by atoms with E-state index in [1.54, 1.807) is 6.33 Å². The van der Waals surface area contributed by atoms with Gasteiger partial charge in [0.15, 0.2) is 0 Å². The zero-order valence-corrected chi connectivity index (χ0v) is 14.2. The van der Waals surface area contributed by atoms with Crippen molar-refractivity contribution >= 4 is 0 Å². The van der Waals surface area contributed by atoms with Crippen LogP contribution in [0.25, 0.3) is 5.69 Å². The fourth-order valence-electron chi connectivity index (χ4n) is 3.42. The monoisotopic (exact) mass is 338 g/mol. The second kappa shape index (κ2) is 7.16. The van der Waals surface area contributed by atoms with Crippen molar-refractivity contribution in [3.8, 4) is 5.69 Å². The Morgan fingerprint density at radius 3 is 2.96 bits per heavy atom. The highest BCUT2D eigenvalue weighted by atomic mass is 16.5. The Labute approximate surface area is 146 Å². The third-order valence-electron chi connectivity index (χ3n) is 4.65. The molecule has 2 atom stereocenters. The van der Waals surface area contributed by atoms with Gasteiger partial charge < -0.3 is 9.30 Å². The third-order valence-corrected chi connectivity index (χ3v) is 4.65. The molecule has 25 heavy (non-hydrogen) atoms. The predicted molar refractivity (Wildman–Crippen MR) is 93.4 cm³/mol. The lowest BCUT2D eigenvalue weighted by atomic mass is 10.0. The molecule has 1 aromatic carbocycles. The Bertz CT molecular complexity index is 785. The number of benzene rings is 1. The van der Waals surface area contributed by atoms with Crippen LogP contribution in [0.3, 0.4) is 0 Å². The number of aromatic amines is 1. The van der Waals surface area contributed by atoms with Crippen molar-refractivity contribution in [3.63, 3.8) is 0 Å². The van der Waals surface area contributed by atoms with Gasteiger partial charge in [0.2, 0.25) is 0 Å². The summed E-state index contributed by atoms with van der Waals surface area (Å²) in [5.41, 5.74) is 1.13. The van der Waals surface area contributed by atoms with Crippen LogP contribution >= 0.6 is 0 Å². The van der Waals surface area contributed by atoms with Gasteiger partial charge in [0, 0.05) is 37.2 Å². The molecule has 0 amide bonds. The van der Waals surface area contributed by atoms with E-state index in [0.717, 1.165) is 43.5 Å². The summed E-state index contributed by atoms with van der Waals surface area (Å²) >= 11 is 0. The van der Waals surface area contributed by atoms with Crippen LogP contribution in [0.5, 0.6) is 0 Å². The maximum Gasteiger partial charge on any atom is 0.137 e. The molecule has 0 bridgehead atoms. The molecule has 1 fully saturated rings. The van der Waals surface area contributed by atoms with E-state index in [0.29, 0.717) is 0 Å². The lowest BCUT2D eigenvalue weighted by molar-refractivity contribution is 0.0703. The van der Waals surface area contributed by atoms with Crippen molar-refractivity contribution in [1.82, 2.24) is 29.6 Å². The fourth-order valence-corrected chi connectivity index (χ4v) is 3.42. The molecule has 0 saturated carbocycles. The van der Waals surface area contributed by atoms with Crippen LogP contribution in [-0.4, -0.2) is 55.9 Å². The number of nitrogens with one attached hydrogen (secondary N) is 1. The minimum Gasteiger partial charge on any atom is -0.376 e. The summed E-state index contributed by atoms with van der Waals surface area (Å²) in [5, 5.41) is 6.95. The molecule has 3 heterocycles. The molecule has 0 unspecified atom stereocenters. The number of nitrogens with zero attached hydrogens (tertiary/aromatic N) is 5. The van der Waals surface area contributed by atoms with E-state index in [-0.39, 0.29) is 12.0 Å². The van der Waals surface area contributed by atoms with Crippen LogP contribution in [0.4, 0.5) is 0 Å². The van der Waals surface area contributed by atoms with Crippen LogP contribution in [0, 0.1) is 0 Å². The highest BCUT2D eigenvalue weighted by Gasteiger charge is 2.32. The molecule has 0 radical (unpaired) electrons. The number of rotatable bonds is 6. The first-order valence-electron chi connectivity index (χ1n) is 8.54. The maximum absolute atomic E-state index is 5.94. The standard InChI is InChI=1S/C18H22N6O/c1-23(11-16-15(7-10-25-16)18-20-13-21-22-18)12-17-19-8-9-24(17)14-5-3-2-4-6-14/h2-6,8-9,13,15-16H,7,10-12H2,1H3,(H,20,21,22)/t15-,16-/m1/s1. The number of ether oxygens (including phenoxy) is 1. The summed E-state index contributed by atoms with van der Waals surface area (Å²) in [4.78, 5) is 11.1. The average Bonchev–Trinajstić information content (AvgIpc) is 3.37. The van der Waals surface area contributed by atoms with Crippen LogP contribution in [0.1, 0.15) is 24.0 Å². The van der Waals surface area contributed by atoms with Crippen LogP contribution < -0.4 is 0 Å². The van der Waals surface area contributed by atoms with Gasteiger partial charge in [0.05, 0.1) is 12.6 Å². The van der Waals surface area contributed by atoms with Gasteiger partial charge in [0.1, 0.15) is 18.0 Å². The van der Waals surface area contributed by atoms with Crippen LogP contribution in [0.2, 0.25) is 0 Å². The van der Waals surface area contributed by atoms with E-state index in [1.807, 2.05) is 30.6 Å². The van der Waals surface area contributed by atoms with Gasteiger partial charge in [0.25, 0.3) is 0 Å². The van der Waals surface area contributed by atoms with Gasteiger partial charge in [-0.25, -0.2) is 9.97 Å². The Morgan fingerprint density at radius 2 is 2.16 bits per heavy atom. The number of hydrogen-bond donors (Lipinski definition) is 1. The SMILES string of the molecule is CN(Cc1nccn1-c1ccccc1)C[C@H]1OCC[C@H]1c1ncn[nH]1. The van der Waals surface area contributed by atoms with E-state index < -0.39 is 0 Å². The normalized spacial score (nSPS) is 20.4. The van der Waals surface area contributed by atoms with Crippen molar-refractivity contribution in [2.75, 3.05) is 20.2 Å². The molecule has 1 aliphatic rings. The van der Waals surface area contributed by atoms with Gasteiger partial charge in [-0.3, -0.25) is 10.00 Å². The lowest BCUT2D eigenvalue weighted by Gasteiger charge is -2.23. The molecule has 1 saturated heterocycles. The van der Waals surface area contributed by atoms with Crippen molar-refractivity contribution in [1.29, 1.82) is 0 Å². The first-order chi connectivity index (χ1) is 12.3. The molecule has 130 valence electrons. The van der Waals surface area contributed by atoms with Gasteiger partial charge in [-0.2, -0.15) is 5.10 Å². The second-order valence-electron chi connectivity index (χ2n) is 6.42. The smallest absolute Gasteiger partial charge is 0.137 e.